The van der Waals surface area contributed by atoms with Crippen molar-refractivity contribution in [1.82, 2.24) is 10.6 Å². The average Bonchev–Trinajstić information content (AvgIpc) is 2.05. The molecule has 1 unspecified atom stereocenters. The maximum atomic E-state index is 11.1. The zero-order valence-electron chi connectivity index (χ0n) is 8.47. The van der Waals surface area contributed by atoms with Crippen molar-refractivity contribution in [2.24, 2.45) is 0 Å². The van der Waals surface area contributed by atoms with E-state index in [4.69, 9.17) is 5.11 Å². The lowest BCUT2D eigenvalue weighted by Gasteiger charge is -2.12. The summed E-state index contributed by atoms with van der Waals surface area (Å²) in [6.07, 6.45) is 1.64. The van der Waals surface area contributed by atoms with Gasteiger partial charge in [0.15, 0.2) is 0 Å². The molecule has 0 heterocycles. The van der Waals surface area contributed by atoms with E-state index in [0.717, 1.165) is 13.0 Å². The summed E-state index contributed by atoms with van der Waals surface area (Å²) < 4.78 is 0. The second-order valence-electron chi connectivity index (χ2n) is 3.16. The Morgan fingerprint density at radius 3 is 2.77 bits per heavy atom. The Balaban J connectivity index is 3.38. The molecule has 4 nitrogen and oxygen atoms in total. The fraction of sp³-hybridized carbons (Fsp3) is 0.889. The average molecular weight is 188 g/mol. The van der Waals surface area contributed by atoms with Gasteiger partial charge in [0.25, 0.3) is 0 Å². The van der Waals surface area contributed by atoms with Crippen LogP contribution in [-0.4, -0.2) is 36.8 Å². The summed E-state index contributed by atoms with van der Waals surface area (Å²) in [5, 5.41) is 14.4. The van der Waals surface area contributed by atoms with E-state index in [2.05, 4.69) is 17.6 Å². The summed E-state index contributed by atoms with van der Waals surface area (Å²) in [5.74, 6) is -0.00519. The second-order valence-corrected chi connectivity index (χ2v) is 3.16. The van der Waals surface area contributed by atoms with E-state index in [1.54, 1.807) is 0 Å². The van der Waals surface area contributed by atoms with Crippen LogP contribution in [-0.2, 0) is 4.79 Å². The fourth-order valence-electron chi connectivity index (χ4n) is 0.970. The number of nitrogens with one attached hydrogen (secondary N) is 2. The van der Waals surface area contributed by atoms with Gasteiger partial charge in [-0.1, -0.05) is 6.92 Å². The molecule has 3 N–H and O–H groups in total. The van der Waals surface area contributed by atoms with Crippen molar-refractivity contribution in [3.8, 4) is 0 Å². The number of carbonyl (C=O) groups excluding carboxylic acids is 1. The van der Waals surface area contributed by atoms with E-state index in [1.165, 1.54) is 0 Å². The van der Waals surface area contributed by atoms with Gasteiger partial charge in [-0.25, -0.2) is 0 Å². The highest BCUT2D eigenvalue weighted by Gasteiger charge is 2.04. The van der Waals surface area contributed by atoms with E-state index in [9.17, 15) is 4.79 Å². The van der Waals surface area contributed by atoms with Gasteiger partial charge in [-0.15, -0.1) is 0 Å². The molecule has 0 aromatic heterocycles. The van der Waals surface area contributed by atoms with Crippen LogP contribution in [0.2, 0.25) is 0 Å². The number of hydrogen-bond donors (Lipinski definition) is 3. The molecule has 78 valence electrons. The summed E-state index contributed by atoms with van der Waals surface area (Å²) in [4.78, 5) is 11.1. The molecule has 0 bridgehead atoms. The van der Waals surface area contributed by atoms with Crippen LogP contribution < -0.4 is 10.6 Å². The third-order valence-corrected chi connectivity index (χ3v) is 1.68. The molecule has 0 saturated carbocycles. The fourth-order valence-corrected chi connectivity index (χ4v) is 0.970. The minimum absolute atomic E-state index is 0.00519. The number of aliphatic hydroxyl groups excluding tert-OH is 1. The van der Waals surface area contributed by atoms with Crippen molar-refractivity contribution in [1.29, 1.82) is 0 Å². The summed E-state index contributed by atoms with van der Waals surface area (Å²) in [5.41, 5.74) is 0. The minimum Gasteiger partial charge on any atom is -0.396 e. The number of rotatable bonds is 7. The molecule has 4 heteroatoms. The molecule has 0 aliphatic carbocycles. The first-order chi connectivity index (χ1) is 6.20. The van der Waals surface area contributed by atoms with Crippen molar-refractivity contribution in [2.45, 2.75) is 32.7 Å². The monoisotopic (exact) mass is 188 g/mol. The van der Waals surface area contributed by atoms with Crippen LogP contribution in [0.5, 0.6) is 0 Å². The Morgan fingerprint density at radius 1 is 1.54 bits per heavy atom. The molecular weight excluding hydrogens is 168 g/mol. The van der Waals surface area contributed by atoms with Crippen molar-refractivity contribution in [3.05, 3.63) is 0 Å². The van der Waals surface area contributed by atoms with Crippen LogP contribution in [0.3, 0.4) is 0 Å². The minimum atomic E-state index is -0.00519. The zero-order valence-corrected chi connectivity index (χ0v) is 8.47. The smallest absolute Gasteiger partial charge is 0.234 e. The summed E-state index contributed by atoms with van der Waals surface area (Å²) >= 11 is 0. The van der Waals surface area contributed by atoms with Crippen molar-refractivity contribution in [3.63, 3.8) is 0 Å². The van der Waals surface area contributed by atoms with E-state index < -0.39 is 0 Å². The molecule has 13 heavy (non-hydrogen) atoms. The second kappa shape index (κ2) is 8.01. The van der Waals surface area contributed by atoms with Crippen LogP contribution in [0.15, 0.2) is 0 Å². The Bertz CT molecular complexity index is 140. The van der Waals surface area contributed by atoms with Gasteiger partial charge in [0.1, 0.15) is 0 Å². The summed E-state index contributed by atoms with van der Waals surface area (Å²) in [7, 11) is 0. The molecule has 0 radical (unpaired) electrons. The van der Waals surface area contributed by atoms with Crippen LogP contribution in [0.1, 0.15) is 26.7 Å². The van der Waals surface area contributed by atoms with Gasteiger partial charge in [0, 0.05) is 12.6 Å². The number of hydrogen-bond acceptors (Lipinski definition) is 3. The van der Waals surface area contributed by atoms with Crippen LogP contribution in [0, 0.1) is 0 Å². The molecule has 0 aliphatic heterocycles. The summed E-state index contributed by atoms with van der Waals surface area (Å²) in [6.45, 7) is 5.28. The first kappa shape index (κ1) is 12.4. The third kappa shape index (κ3) is 7.74. The molecular formula is C9H20N2O2. The third-order valence-electron chi connectivity index (χ3n) is 1.68. The van der Waals surface area contributed by atoms with Gasteiger partial charge in [0.2, 0.25) is 5.91 Å². The Labute approximate surface area is 79.7 Å². The molecule has 0 aromatic rings. The Hall–Kier alpha value is -0.610. The highest BCUT2D eigenvalue weighted by Crippen LogP contribution is 1.87. The molecule has 1 amide bonds. The normalized spacial score (nSPS) is 12.5. The Morgan fingerprint density at radius 2 is 2.23 bits per heavy atom. The first-order valence-corrected chi connectivity index (χ1v) is 4.81. The van der Waals surface area contributed by atoms with Gasteiger partial charge in [-0.3, -0.25) is 4.79 Å². The Kier molecular flexibility index (Phi) is 7.63. The van der Waals surface area contributed by atoms with Crippen LogP contribution in [0.4, 0.5) is 0 Å². The van der Waals surface area contributed by atoms with Crippen molar-refractivity contribution in [2.75, 3.05) is 19.7 Å². The summed E-state index contributed by atoms with van der Waals surface area (Å²) in [6, 6.07) is 0.0564. The van der Waals surface area contributed by atoms with Gasteiger partial charge < -0.3 is 15.7 Å². The first-order valence-electron chi connectivity index (χ1n) is 4.81. The lowest BCUT2D eigenvalue weighted by Crippen LogP contribution is -2.39. The zero-order chi connectivity index (χ0) is 10.1. The largest absolute Gasteiger partial charge is 0.396 e. The molecule has 0 aromatic carbocycles. The number of aliphatic hydroxyl groups is 1. The van der Waals surface area contributed by atoms with Gasteiger partial charge in [-0.05, 0) is 26.3 Å². The molecule has 0 spiro atoms. The molecule has 1 atom stereocenters. The molecule has 0 rings (SSSR count). The van der Waals surface area contributed by atoms with Gasteiger partial charge in [-0.2, -0.15) is 0 Å². The van der Waals surface area contributed by atoms with E-state index in [0.29, 0.717) is 13.0 Å². The standard InChI is InChI=1S/C9H20N2O2/c1-3-5-10-7-9(13)11-8(2)4-6-12/h8,10,12H,3-7H2,1-2H3,(H,11,13). The predicted octanol–water partition coefficient (Wildman–Crippen LogP) is -0.127. The molecule has 0 aliphatic rings. The van der Waals surface area contributed by atoms with Crippen LogP contribution >= 0.6 is 0 Å². The highest BCUT2D eigenvalue weighted by molar-refractivity contribution is 5.78. The van der Waals surface area contributed by atoms with Crippen molar-refractivity contribution < 1.29 is 9.90 Å². The number of amides is 1. The molecule has 0 fully saturated rings. The van der Waals surface area contributed by atoms with E-state index >= 15 is 0 Å². The lowest BCUT2D eigenvalue weighted by molar-refractivity contribution is -0.120. The van der Waals surface area contributed by atoms with Gasteiger partial charge >= 0.3 is 0 Å². The lowest BCUT2D eigenvalue weighted by atomic mass is 10.2. The highest BCUT2D eigenvalue weighted by atomic mass is 16.3. The predicted molar refractivity (Wildman–Crippen MR) is 52.5 cm³/mol. The molecule has 0 saturated heterocycles. The van der Waals surface area contributed by atoms with E-state index in [-0.39, 0.29) is 18.6 Å². The SMILES string of the molecule is CCCNCC(=O)NC(C)CCO. The van der Waals surface area contributed by atoms with Crippen LogP contribution in [0.25, 0.3) is 0 Å². The quantitative estimate of drug-likeness (QED) is 0.488. The van der Waals surface area contributed by atoms with E-state index in [1.807, 2.05) is 6.92 Å². The maximum absolute atomic E-state index is 11.1. The topological polar surface area (TPSA) is 61.4 Å². The van der Waals surface area contributed by atoms with Crippen molar-refractivity contribution >= 4 is 5.91 Å². The number of carbonyl (C=O) groups is 1. The maximum Gasteiger partial charge on any atom is 0.234 e. The van der Waals surface area contributed by atoms with Gasteiger partial charge in [0.05, 0.1) is 6.54 Å².